The van der Waals surface area contributed by atoms with E-state index in [1.165, 1.54) is 147 Å². The average molecular weight is 1980 g/mol. The third-order valence-electron chi connectivity index (χ3n) is 28.2. The van der Waals surface area contributed by atoms with E-state index < -0.39 is 0 Å². The van der Waals surface area contributed by atoms with Crippen LogP contribution in [-0.4, -0.2) is 205 Å². The van der Waals surface area contributed by atoms with Crippen molar-refractivity contribution in [2.45, 2.75) is 377 Å². The third-order valence-corrected chi connectivity index (χ3v) is 28.2. The molecule has 1 aromatic carbocycles. The molecule has 0 radical (unpaired) electrons. The lowest BCUT2D eigenvalue weighted by Gasteiger charge is -2.32. The molecule has 10 aliphatic rings. The number of nitrogens with one attached hydrogen (secondary N) is 9. The van der Waals surface area contributed by atoms with Crippen LogP contribution in [0.3, 0.4) is 0 Å². The van der Waals surface area contributed by atoms with E-state index in [0.717, 1.165) is 167 Å². The summed E-state index contributed by atoms with van der Waals surface area (Å²) in [6.45, 7) is 80.2. The smallest absolute Gasteiger partial charge is 0.273 e. The van der Waals surface area contributed by atoms with Crippen molar-refractivity contribution in [1.82, 2.24) is 141 Å². The van der Waals surface area contributed by atoms with Crippen molar-refractivity contribution in [3.8, 4) is 18.6 Å². The number of benzene rings is 1. The lowest BCUT2D eigenvalue weighted by molar-refractivity contribution is 0.0738. The maximum Gasteiger partial charge on any atom is 0.273 e. The number of H-pyrrole nitrogens is 9. The highest BCUT2D eigenvalue weighted by Gasteiger charge is 2.37. The molecule has 0 unspecified atom stereocenters. The Kier molecular flexibility index (Phi) is 36.8. The van der Waals surface area contributed by atoms with E-state index in [0.29, 0.717) is 114 Å². The number of carbonyl (C=O) groups excluding carboxylic acids is 2. The van der Waals surface area contributed by atoms with E-state index >= 15 is 0 Å². The Labute approximate surface area is 861 Å². The molecule has 1 aliphatic carbocycles. The van der Waals surface area contributed by atoms with Crippen molar-refractivity contribution in [3.63, 3.8) is 0 Å². The van der Waals surface area contributed by atoms with Gasteiger partial charge in [0.2, 0.25) is 0 Å². The number of aromatic amines is 9. The molecule has 9 aliphatic heterocycles. The van der Waals surface area contributed by atoms with Crippen LogP contribution in [0.1, 0.15) is 433 Å². The summed E-state index contributed by atoms with van der Waals surface area (Å²) in [6.07, 6.45) is 16.4. The van der Waals surface area contributed by atoms with Gasteiger partial charge in [-0.15, -0.1) is 0 Å². The first-order valence-corrected chi connectivity index (χ1v) is 53.2. The molecule has 0 bridgehead atoms. The fourth-order valence-corrected chi connectivity index (χ4v) is 20.7. The predicted octanol–water partition coefficient (Wildman–Crippen LogP) is 20.3. The minimum absolute atomic E-state index is 0.0279. The lowest BCUT2D eigenvalue weighted by atomic mass is 9.91. The number of fused-ring (bicyclic) bond motifs is 9. The van der Waals surface area contributed by atoms with Crippen LogP contribution in [0.25, 0.3) is 0 Å². The summed E-state index contributed by atoms with van der Waals surface area (Å²) in [4.78, 5) is 47.9. The molecular weight excluding hydrogens is 1810 g/mol. The minimum atomic E-state index is -0.0279. The molecule has 1 saturated carbocycles. The van der Waals surface area contributed by atoms with Gasteiger partial charge in [-0.25, -0.2) is 0 Å². The quantitative estimate of drug-likeness (QED) is 0.0382. The summed E-state index contributed by atoms with van der Waals surface area (Å²) in [5.41, 5.74) is 35.9. The highest BCUT2D eigenvalue weighted by atomic mass is 16.2. The first-order valence-electron chi connectivity index (χ1n) is 53.2. The Balaban J connectivity index is 0.000000137. The Bertz CT molecular complexity index is 6050. The Morgan fingerprint density at radius 3 is 1.06 bits per heavy atom. The molecule has 9 N–H and O–H groups in total. The van der Waals surface area contributed by atoms with E-state index in [4.69, 9.17) is 15.8 Å². The van der Waals surface area contributed by atoms with Gasteiger partial charge in [0, 0.05) is 166 Å². The molecule has 145 heavy (non-hydrogen) atoms. The molecule has 0 atom stereocenters. The fraction of sp³-hybridized carbons (Fsp3) is 0.616. The standard InChI is InChI=1S/C15H17N3O.C15H27N3.C14H16N4O.C14H25N3.C13H23N3.C12H19N3.2C10H14N4.C9H12N4/c1-10(2)14-12-8-18(9-13(12)16-17-14)15(19)11-6-4-3-5-7-11;1-11(2)14-12-10-18(9-7-15(3,4)5)8-6-13(12)16-17-14;1-9(2)13-10-7-18(8-12(10)16-17-13)14(19)11-5-3-4-6-15-11;1-10(2)13-11-6-7-17(9-14(3,4)5)8-12(11)15-16-13;1-9(2)12-10-6-16(8-13(3,4)5)7-11(10)14-15-12;1-8(2)12-10-6-15(5-9-3-4-9)7-11(10)13-14-12;1-7(2)10-8-5-14(6-11)4-3-9(8)12-13-10;1-7(2)10-8-3-4-14(6-11)5-9(8)12-13-10;1-6(2)9-7-3-13(5-10)4-8(7)11-12-9/h3-7,10H,8-9H2,1-2H3,(H,16,17);11H,6-10H2,1-5H3,(H,16,17);3-6,9H,7-8H2,1-2H3,(H,16,17);10H,6-9H2,1-5H3,(H,15,16);9H,6-8H2,1-5H3,(H,14,15);8-9H,3-7H2,1-2H3,(H,13,14);2*7H,3-5H2,1-2H3,(H,12,13);6H,3-4H2,1-2H3,(H,11,12). The first kappa shape index (κ1) is 110. The first-order chi connectivity index (χ1) is 68.8. The number of pyridine rings is 1. The van der Waals surface area contributed by atoms with E-state index in [9.17, 15) is 9.59 Å². The molecule has 0 saturated heterocycles. The van der Waals surface area contributed by atoms with Crippen molar-refractivity contribution >= 4 is 11.8 Å². The second-order valence-electron chi connectivity index (χ2n) is 47.6. The number of aromatic nitrogens is 19. The number of amides is 2. The maximum absolute atomic E-state index is 12.4. The largest absolute Gasteiger partial charge is 0.328 e. The monoisotopic (exact) mass is 1980 g/mol. The molecule has 33 nitrogen and oxygen atoms in total. The molecule has 19 heterocycles. The van der Waals surface area contributed by atoms with Gasteiger partial charge in [-0.1, -0.05) is 211 Å². The molecule has 21 rings (SSSR count). The minimum Gasteiger partial charge on any atom is -0.328 e. The van der Waals surface area contributed by atoms with Gasteiger partial charge >= 0.3 is 0 Å². The Morgan fingerprint density at radius 2 is 0.628 bits per heavy atom. The van der Waals surface area contributed by atoms with Crippen molar-refractivity contribution in [3.05, 3.63) is 219 Å². The van der Waals surface area contributed by atoms with E-state index in [-0.39, 0.29) is 11.8 Å². The number of hydrogen-bond acceptors (Lipinski definition) is 22. The van der Waals surface area contributed by atoms with E-state index in [1.807, 2.05) is 47.4 Å². The molecule has 10 aromatic heterocycles. The van der Waals surface area contributed by atoms with E-state index in [2.05, 4.69) is 322 Å². The zero-order chi connectivity index (χ0) is 105. The average Bonchev–Trinajstić information content (AvgIpc) is 1.60. The number of hydrogen-bond donors (Lipinski definition) is 9. The zero-order valence-electron chi connectivity index (χ0n) is 92.1. The van der Waals surface area contributed by atoms with Gasteiger partial charge in [0.05, 0.1) is 143 Å². The Morgan fingerprint density at radius 1 is 0.317 bits per heavy atom. The summed E-state index contributed by atoms with van der Waals surface area (Å²) in [7, 11) is 0. The van der Waals surface area contributed by atoms with Crippen molar-refractivity contribution < 1.29 is 9.59 Å². The van der Waals surface area contributed by atoms with Gasteiger partial charge in [-0.2, -0.15) is 61.7 Å². The van der Waals surface area contributed by atoms with Crippen molar-refractivity contribution in [1.29, 1.82) is 15.8 Å². The van der Waals surface area contributed by atoms with Gasteiger partial charge in [0.25, 0.3) is 11.8 Å². The summed E-state index contributed by atoms with van der Waals surface area (Å²) in [5.74, 6) is 5.23. The van der Waals surface area contributed by atoms with Gasteiger partial charge in [-0.05, 0) is 144 Å². The summed E-state index contributed by atoms with van der Waals surface area (Å²) < 4.78 is 0. The van der Waals surface area contributed by atoms with E-state index in [1.54, 1.807) is 31.9 Å². The van der Waals surface area contributed by atoms with Crippen LogP contribution in [0.4, 0.5) is 0 Å². The van der Waals surface area contributed by atoms with Crippen LogP contribution in [0.15, 0.2) is 54.7 Å². The van der Waals surface area contributed by atoms with Crippen LogP contribution in [-0.2, 0) is 117 Å². The predicted molar refractivity (Wildman–Crippen MR) is 568 cm³/mol. The SMILES string of the molecule is CC(C)c1n[nH]c2c1CCN(C#N)C2.CC(C)c1n[nH]c2c1CCN(CC(C)(C)C)C2.CC(C)c1n[nH]c2c1CN(C#N)C2.CC(C)c1n[nH]c2c1CN(C#N)CC2.CC(C)c1n[nH]c2c1CN(C(=O)c1ccccc1)C2.CC(C)c1n[nH]c2c1CN(C(=O)c1ccccn1)C2.CC(C)c1n[nH]c2c1CN(CC(C)(C)C)C2.CC(C)c1n[nH]c2c1CN(CC1CC1)C2.CC(C)c1n[nH]c2c1CN(CCC(C)(C)C)CC2. The second kappa shape index (κ2) is 48.5. The summed E-state index contributed by atoms with van der Waals surface area (Å²) >= 11 is 0. The number of carbonyl (C=O) groups is 2. The molecule has 1 fully saturated rings. The van der Waals surface area contributed by atoms with Crippen LogP contribution in [0, 0.1) is 56.5 Å². The second-order valence-corrected chi connectivity index (χ2v) is 47.6. The fourth-order valence-electron chi connectivity index (χ4n) is 20.7. The molecular formula is C112H167N31O2. The molecule has 2 amide bonds. The van der Waals surface area contributed by atoms with Crippen LogP contribution < -0.4 is 0 Å². The Hall–Kier alpha value is -12.1. The highest BCUT2D eigenvalue weighted by Crippen LogP contribution is 2.39. The van der Waals surface area contributed by atoms with Crippen molar-refractivity contribution in [2.24, 2.45) is 22.2 Å². The topological polar surface area (TPSA) is 406 Å². The third kappa shape index (κ3) is 28.8. The molecule has 11 aromatic rings. The molecule has 782 valence electrons. The van der Waals surface area contributed by atoms with Gasteiger partial charge in [-0.3, -0.25) is 80.1 Å². The number of nitriles is 3. The zero-order valence-corrected chi connectivity index (χ0v) is 92.1. The van der Waals surface area contributed by atoms with Crippen LogP contribution in [0.5, 0.6) is 0 Å². The van der Waals surface area contributed by atoms with Crippen LogP contribution >= 0.6 is 0 Å². The van der Waals surface area contributed by atoms with Crippen molar-refractivity contribution in [2.75, 3.05) is 52.4 Å². The molecule has 33 heteroatoms. The highest BCUT2D eigenvalue weighted by molar-refractivity contribution is 5.94. The lowest BCUT2D eigenvalue weighted by Crippen LogP contribution is -2.36. The normalized spacial score (nSPS) is 16.2. The van der Waals surface area contributed by atoms with Gasteiger partial charge < -0.3 is 24.5 Å². The number of nitrogens with zero attached hydrogens (tertiary/aromatic N) is 22. The molecule has 0 spiro atoms. The van der Waals surface area contributed by atoms with Crippen LogP contribution in [0.2, 0.25) is 0 Å². The maximum atomic E-state index is 12.4. The summed E-state index contributed by atoms with van der Waals surface area (Å²) in [6, 6.07) is 14.8. The van der Waals surface area contributed by atoms with Gasteiger partial charge in [0.1, 0.15) is 5.69 Å². The number of rotatable bonds is 17. The summed E-state index contributed by atoms with van der Waals surface area (Å²) in [5, 5.41) is 93.7. The van der Waals surface area contributed by atoms with Gasteiger partial charge in [0.15, 0.2) is 18.6 Å².